The van der Waals surface area contributed by atoms with E-state index in [0.29, 0.717) is 43.0 Å². The van der Waals surface area contributed by atoms with Crippen LogP contribution in [0.3, 0.4) is 0 Å². The molecule has 30 heavy (non-hydrogen) atoms. The van der Waals surface area contributed by atoms with E-state index in [1.54, 1.807) is 6.20 Å². The normalized spacial score (nSPS) is 16.3. The van der Waals surface area contributed by atoms with E-state index in [-0.39, 0.29) is 29.4 Å². The van der Waals surface area contributed by atoms with E-state index in [0.717, 1.165) is 16.8 Å². The van der Waals surface area contributed by atoms with E-state index in [9.17, 15) is 14.4 Å². The minimum Gasteiger partial charge on any atom is -0.355 e. The third-order valence-corrected chi connectivity index (χ3v) is 6.03. The Labute approximate surface area is 177 Å². The Balaban J connectivity index is 1.60. The molecule has 1 amide bonds. The van der Waals surface area contributed by atoms with Crippen molar-refractivity contribution >= 4 is 23.3 Å². The van der Waals surface area contributed by atoms with Crippen LogP contribution in [0.15, 0.2) is 18.3 Å². The number of hydrogen-bond acceptors (Lipinski definition) is 5. The molecule has 0 aliphatic carbocycles. The summed E-state index contributed by atoms with van der Waals surface area (Å²) in [5, 5.41) is 2.90. The number of ketones is 2. The third kappa shape index (κ3) is 4.51. The number of aromatic amines is 1. The number of carbonyl (C=O) groups is 3. The van der Waals surface area contributed by atoms with Gasteiger partial charge in [0.25, 0.3) is 0 Å². The Morgan fingerprint density at radius 2 is 1.87 bits per heavy atom. The first kappa shape index (κ1) is 21.9. The first-order valence-electron chi connectivity index (χ1n) is 10.4. The maximum Gasteiger partial charge on any atom is 0.228 e. The van der Waals surface area contributed by atoms with Crippen LogP contribution in [0, 0.1) is 26.7 Å². The summed E-state index contributed by atoms with van der Waals surface area (Å²) in [5.41, 5.74) is 3.61. The molecule has 2 N–H and O–H groups in total. The number of amides is 1. The SMILES string of the molecule is CC(=O)c1c(C)[nH]c(C(=O)C(C)N2CCC(C(=O)Nc3cc(C)ccn3)CC2)c1C. The summed E-state index contributed by atoms with van der Waals surface area (Å²) in [6.07, 6.45) is 3.07. The van der Waals surface area contributed by atoms with Crippen molar-refractivity contribution in [3.8, 4) is 0 Å². The fourth-order valence-corrected chi connectivity index (χ4v) is 4.28. The van der Waals surface area contributed by atoms with Gasteiger partial charge in [-0.25, -0.2) is 4.98 Å². The maximum atomic E-state index is 13.1. The van der Waals surface area contributed by atoms with Crippen LogP contribution < -0.4 is 5.32 Å². The number of hydrogen-bond donors (Lipinski definition) is 2. The summed E-state index contributed by atoms with van der Waals surface area (Å²) in [7, 11) is 0. The molecule has 2 aromatic rings. The van der Waals surface area contributed by atoms with Gasteiger partial charge in [0.15, 0.2) is 11.6 Å². The lowest BCUT2D eigenvalue weighted by Crippen LogP contribution is -2.46. The van der Waals surface area contributed by atoms with E-state index >= 15 is 0 Å². The summed E-state index contributed by atoms with van der Waals surface area (Å²) >= 11 is 0. The number of carbonyl (C=O) groups excluding carboxylic acids is 3. The molecule has 0 radical (unpaired) electrons. The number of nitrogens with zero attached hydrogens (tertiary/aromatic N) is 2. The van der Waals surface area contributed by atoms with Crippen molar-refractivity contribution in [1.82, 2.24) is 14.9 Å². The van der Waals surface area contributed by atoms with E-state index in [1.807, 2.05) is 39.8 Å². The van der Waals surface area contributed by atoms with Crippen LogP contribution in [0.25, 0.3) is 0 Å². The van der Waals surface area contributed by atoms with Gasteiger partial charge in [0.2, 0.25) is 5.91 Å². The molecule has 0 saturated carbocycles. The molecule has 1 saturated heterocycles. The molecule has 0 bridgehead atoms. The summed E-state index contributed by atoms with van der Waals surface area (Å²) in [6, 6.07) is 3.42. The van der Waals surface area contributed by atoms with Gasteiger partial charge in [0.1, 0.15) is 5.82 Å². The molecular weight excluding hydrogens is 380 g/mol. The van der Waals surface area contributed by atoms with Gasteiger partial charge in [-0.05, 0) is 83.8 Å². The van der Waals surface area contributed by atoms with E-state index in [2.05, 4.69) is 20.2 Å². The van der Waals surface area contributed by atoms with Gasteiger partial charge in [0, 0.05) is 23.4 Å². The van der Waals surface area contributed by atoms with Crippen molar-refractivity contribution in [3.05, 3.63) is 46.4 Å². The molecule has 3 rings (SSSR count). The topological polar surface area (TPSA) is 95.2 Å². The molecule has 1 unspecified atom stereocenters. The molecule has 160 valence electrons. The molecule has 1 aliphatic rings. The van der Waals surface area contributed by atoms with Crippen molar-refractivity contribution < 1.29 is 14.4 Å². The number of nitrogens with one attached hydrogen (secondary N) is 2. The van der Waals surface area contributed by atoms with Gasteiger partial charge < -0.3 is 10.3 Å². The van der Waals surface area contributed by atoms with Gasteiger partial charge in [-0.3, -0.25) is 19.3 Å². The number of rotatable bonds is 6. The predicted octanol–water partition coefficient (Wildman–Crippen LogP) is 3.46. The lowest BCUT2D eigenvalue weighted by atomic mass is 9.93. The highest BCUT2D eigenvalue weighted by Crippen LogP contribution is 2.24. The van der Waals surface area contributed by atoms with Crippen LogP contribution in [0.1, 0.15) is 64.4 Å². The number of aryl methyl sites for hydroxylation is 2. The van der Waals surface area contributed by atoms with E-state index in [1.165, 1.54) is 6.92 Å². The van der Waals surface area contributed by atoms with E-state index in [4.69, 9.17) is 0 Å². The monoisotopic (exact) mass is 410 g/mol. The Kier molecular flexibility index (Phi) is 6.51. The Hall–Kier alpha value is -2.80. The molecule has 7 nitrogen and oxygen atoms in total. The van der Waals surface area contributed by atoms with Gasteiger partial charge in [-0.2, -0.15) is 0 Å². The van der Waals surface area contributed by atoms with Crippen LogP contribution in [-0.4, -0.2) is 51.5 Å². The first-order chi connectivity index (χ1) is 14.2. The Bertz CT molecular complexity index is 971. The molecule has 1 fully saturated rings. The summed E-state index contributed by atoms with van der Waals surface area (Å²) in [5.74, 6) is 0.404. The number of likely N-dealkylation sites (tertiary alicyclic amines) is 1. The highest BCUT2D eigenvalue weighted by Gasteiger charge is 2.32. The van der Waals surface area contributed by atoms with Crippen LogP contribution in [0.4, 0.5) is 5.82 Å². The van der Waals surface area contributed by atoms with Gasteiger partial charge in [0.05, 0.1) is 11.7 Å². The Morgan fingerprint density at radius 3 is 2.43 bits per heavy atom. The highest BCUT2D eigenvalue weighted by atomic mass is 16.2. The van der Waals surface area contributed by atoms with Gasteiger partial charge in [-0.1, -0.05) is 0 Å². The molecule has 1 aliphatic heterocycles. The van der Waals surface area contributed by atoms with Gasteiger partial charge >= 0.3 is 0 Å². The smallest absolute Gasteiger partial charge is 0.228 e. The quantitative estimate of drug-likeness (QED) is 0.711. The molecule has 0 aromatic carbocycles. The molecule has 3 heterocycles. The van der Waals surface area contributed by atoms with E-state index < -0.39 is 0 Å². The number of piperidine rings is 1. The maximum absolute atomic E-state index is 13.1. The first-order valence-corrected chi connectivity index (χ1v) is 10.4. The fraction of sp³-hybridized carbons (Fsp3) is 0.478. The zero-order chi connectivity index (χ0) is 22.0. The minimum atomic E-state index is -0.316. The number of aromatic nitrogens is 2. The summed E-state index contributed by atoms with van der Waals surface area (Å²) in [6.45, 7) is 10.3. The second-order valence-corrected chi connectivity index (χ2v) is 8.24. The molecule has 1 atom stereocenters. The van der Waals surface area contributed by atoms with Crippen molar-refractivity contribution in [2.75, 3.05) is 18.4 Å². The molecule has 7 heteroatoms. The zero-order valence-electron chi connectivity index (χ0n) is 18.3. The highest BCUT2D eigenvalue weighted by molar-refractivity contribution is 6.05. The standard InChI is InChI=1S/C23H30N4O3/c1-13-6-9-24-19(12-13)26-23(30)18-7-10-27(11-8-18)16(4)22(29)21-14(2)20(17(5)28)15(3)25-21/h6,9,12,16,18,25H,7-8,10-11H2,1-5H3,(H,24,26,30). The lowest BCUT2D eigenvalue weighted by Gasteiger charge is -2.34. The molecular formula is C23H30N4O3. The average Bonchev–Trinajstić information content (AvgIpc) is 3.01. The van der Waals surface area contributed by atoms with Crippen LogP contribution in [-0.2, 0) is 4.79 Å². The van der Waals surface area contributed by atoms with Crippen molar-refractivity contribution in [2.24, 2.45) is 5.92 Å². The summed E-state index contributed by atoms with van der Waals surface area (Å²) < 4.78 is 0. The van der Waals surface area contributed by atoms with Crippen molar-refractivity contribution in [1.29, 1.82) is 0 Å². The van der Waals surface area contributed by atoms with Crippen LogP contribution in [0.5, 0.6) is 0 Å². The van der Waals surface area contributed by atoms with Crippen LogP contribution in [0.2, 0.25) is 0 Å². The van der Waals surface area contributed by atoms with Crippen LogP contribution >= 0.6 is 0 Å². The molecule has 2 aromatic heterocycles. The largest absolute Gasteiger partial charge is 0.355 e. The Morgan fingerprint density at radius 1 is 1.20 bits per heavy atom. The summed E-state index contributed by atoms with van der Waals surface area (Å²) in [4.78, 5) is 46.9. The predicted molar refractivity (Wildman–Crippen MR) is 116 cm³/mol. The average molecular weight is 411 g/mol. The van der Waals surface area contributed by atoms with Gasteiger partial charge in [-0.15, -0.1) is 0 Å². The zero-order valence-corrected chi connectivity index (χ0v) is 18.3. The number of pyridine rings is 1. The number of anilines is 1. The second-order valence-electron chi connectivity index (χ2n) is 8.24. The molecule has 0 spiro atoms. The number of H-pyrrole nitrogens is 1. The lowest BCUT2D eigenvalue weighted by molar-refractivity contribution is -0.121. The number of Topliss-reactive ketones (excluding diaryl/α,β-unsaturated/α-hetero) is 2. The fourth-order valence-electron chi connectivity index (χ4n) is 4.28. The second kappa shape index (κ2) is 8.92. The minimum absolute atomic E-state index is 0.0186. The third-order valence-electron chi connectivity index (χ3n) is 6.03. The van der Waals surface area contributed by atoms with Crippen molar-refractivity contribution in [2.45, 2.75) is 53.5 Å². The van der Waals surface area contributed by atoms with Crippen molar-refractivity contribution in [3.63, 3.8) is 0 Å².